The number of nitrogens with zero attached hydrogens (tertiary/aromatic N) is 3. The van der Waals surface area contributed by atoms with Gasteiger partial charge in [0.15, 0.2) is 0 Å². The van der Waals surface area contributed by atoms with Crippen molar-refractivity contribution >= 4 is 17.5 Å². The smallest absolute Gasteiger partial charge is 0.237 e. The van der Waals surface area contributed by atoms with Gasteiger partial charge >= 0.3 is 0 Å². The summed E-state index contributed by atoms with van der Waals surface area (Å²) in [7, 11) is 1.67. The lowest BCUT2D eigenvalue weighted by Gasteiger charge is -2.22. The van der Waals surface area contributed by atoms with E-state index < -0.39 is 0 Å². The molecule has 1 aromatic heterocycles. The molecule has 1 aliphatic heterocycles. The first-order valence-electron chi connectivity index (χ1n) is 5.63. The van der Waals surface area contributed by atoms with Gasteiger partial charge in [-0.15, -0.1) is 0 Å². The Morgan fingerprint density at radius 1 is 1.59 bits per heavy atom. The molecule has 92 valence electrons. The molecule has 1 aromatic rings. The van der Waals surface area contributed by atoms with Crippen molar-refractivity contribution in [3.8, 4) is 0 Å². The van der Waals surface area contributed by atoms with Crippen LogP contribution >= 0.6 is 11.6 Å². The Morgan fingerprint density at radius 2 is 2.41 bits per heavy atom. The number of nitrogens with one attached hydrogen (secondary N) is 1. The van der Waals surface area contributed by atoms with Crippen LogP contribution in [0.15, 0.2) is 12.4 Å². The minimum atomic E-state index is -0.0440. The Labute approximate surface area is 105 Å². The number of likely N-dealkylation sites (N-methyl/N-ethyl adjacent to an activating group) is 1. The van der Waals surface area contributed by atoms with E-state index >= 15 is 0 Å². The van der Waals surface area contributed by atoms with E-state index in [-0.39, 0.29) is 11.9 Å². The van der Waals surface area contributed by atoms with Gasteiger partial charge in [0, 0.05) is 13.6 Å². The molecule has 0 aliphatic carbocycles. The van der Waals surface area contributed by atoms with E-state index in [1.165, 1.54) is 6.20 Å². The number of rotatable bonds is 3. The molecule has 5 nitrogen and oxygen atoms in total. The zero-order valence-corrected chi connectivity index (χ0v) is 10.4. The lowest BCUT2D eigenvalue weighted by Crippen LogP contribution is -2.41. The van der Waals surface area contributed by atoms with Gasteiger partial charge in [0.25, 0.3) is 0 Å². The fourth-order valence-corrected chi connectivity index (χ4v) is 2.21. The largest absolute Gasteiger partial charge is 0.358 e. The number of amides is 1. The third kappa shape index (κ3) is 2.92. The molecule has 2 heterocycles. The molecule has 17 heavy (non-hydrogen) atoms. The molecule has 0 saturated carbocycles. The molecule has 0 bridgehead atoms. The number of carbonyl (C=O) groups excluding carboxylic acids is 1. The van der Waals surface area contributed by atoms with E-state index in [0.29, 0.717) is 11.7 Å². The highest BCUT2D eigenvalue weighted by molar-refractivity contribution is 6.29. The Bertz CT molecular complexity index is 395. The lowest BCUT2D eigenvalue weighted by molar-refractivity contribution is -0.125. The maximum atomic E-state index is 11.7. The van der Waals surface area contributed by atoms with Gasteiger partial charge in [-0.2, -0.15) is 0 Å². The van der Waals surface area contributed by atoms with Crippen LogP contribution in [0.4, 0.5) is 0 Å². The topological polar surface area (TPSA) is 58.1 Å². The second-order valence-electron chi connectivity index (χ2n) is 4.07. The maximum Gasteiger partial charge on any atom is 0.237 e. The summed E-state index contributed by atoms with van der Waals surface area (Å²) in [4.78, 5) is 22.0. The van der Waals surface area contributed by atoms with Gasteiger partial charge in [-0.25, -0.2) is 4.98 Å². The Morgan fingerprint density at radius 3 is 3.06 bits per heavy atom. The highest BCUT2D eigenvalue weighted by Gasteiger charge is 2.30. The van der Waals surface area contributed by atoms with E-state index in [4.69, 9.17) is 11.6 Å². The van der Waals surface area contributed by atoms with Crippen LogP contribution in [0.25, 0.3) is 0 Å². The zero-order chi connectivity index (χ0) is 12.3. The van der Waals surface area contributed by atoms with E-state index in [1.807, 2.05) is 0 Å². The Hall–Kier alpha value is -1.20. The molecular formula is C11H15ClN4O. The van der Waals surface area contributed by atoms with Gasteiger partial charge < -0.3 is 5.32 Å². The summed E-state index contributed by atoms with van der Waals surface area (Å²) in [6.07, 6.45) is 5.13. The summed E-state index contributed by atoms with van der Waals surface area (Å²) < 4.78 is 0. The van der Waals surface area contributed by atoms with Crippen LogP contribution in [0.3, 0.4) is 0 Å². The van der Waals surface area contributed by atoms with Crippen LogP contribution in [0.2, 0.25) is 5.15 Å². The van der Waals surface area contributed by atoms with Crippen molar-refractivity contribution in [1.29, 1.82) is 0 Å². The molecule has 1 unspecified atom stereocenters. The van der Waals surface area contributed by atoms with E-state index in [1.54, 1.807) is 13.2 Å². The molecule has 6 heteroatoms. The summed E-state index contributed by atoms with van der Waals surface area (Å²) in [6, 6.07) is -0.0440. The molecule has 1 amide bonds. The number of hydrogen-bond donors (Lipinski definition) is 1. The van der Waals surface area contributed by atoms with Gasteiger partial charge in [-0.05, 0) is 19.4 Å². The molecule has 0 radical (unpaired) electrons. The van der Waals surface area contributed by atoms with Crippen molar-refractivity contribution < 1.29 is 4.79 Å². The quantitative estimate of drug-likeness (QED) is 0.869. The fourth-order valence-electron chi connectivity index (χ4n) is 2.11. The van der Waals surface area contributed by atoms with Crippen LogP contribution in [-0.2, 0) is 11.3 Å². The van der Waals surface area contributed by atoms with Crippen molar-refractivity contribution in [1.82, 2.24) is 20.2 Å². The molecule has 0 aromatic carbocycles. The van der Waals surface area contributed by atoms with Gasteiger partial charge in [0.1, 0.15) is 5.15 Å². The number of likely N-dealkylation sites (tertiary alicyclic amines) is 1. The van der Waals surface area contributed by atoms with Gasteiger partial charge in [0.05, 0.1) is 24.1 Å². The third-order valence-electron chi connectivity index (χ3n) is 2.95. The number of aromatic nitrogens is 2. The van der Waals surface area contributed by atoms with Gasteiger partial charge in [0.2, 0.25) is 5.91 Å². The molecule has 1 atom stereocenters. The Kier molecular flexibility index (Phi) is 3.91. The van der Waals surface area contributed by atoms with Crippen molar-refractivity contribution in [2.24, 2.45) is 0 Å². The van der Waals surface area contributed by atoms with Crippen molar-refractivity contribution in [3.63, 3.8) is 0 Å². The van der Waals surface area contributed by atoms with Crippen LogP contribution in [0.1, 0.15) is 18.5 Å². The van der Waals surface area contributed by atoms with Gasteiger partial charge in [-0.1, -0.05) is 11.6 Å². The third-order valence-corrected chi connectivity index (χ3v) is 3.15. The summed E-state index contributed by atoms with van der Waals surface area (Å²) in [5, 5.41) is 3.08. The van der Waals surface area contributed by atoms with Crippen molar-refractivity contribution in [2.75, 3.05) is 13.6 Å². The highest BCUT2D eigenvalue weighted by atomic mass is 35.5. The fraction of sp³-hybridized carbons (Fsp3) is 0.545. The maximum absolute atomic E-state index is 11.7. The highest BCUT2D eigenvalue weighted by Crippen LogP contribution is 2.19. The summed E-state index contributed by atoms with van der Waals surface area (Å²) in [5.41, 5.74) is 0.838. The van der Waals surface area contributed by atoms with Crippen LogP contribution in [-0.4, -0.2) is 40.4 Å². The summed E-state index contributed by atoms with van der Waals surface area (Å²) >= 11 is 5.68. The molecule has 1 saturated heterocycles. The number of carbonyl (C=O) groups is 1. The second kappa shape index (κ2) is 5.42. The van der Waals surface area contributed by atoms with Crippen molar-refractivity contribution in [3.05, 3.63) is 23.2 Å². The summed E-state index contributed by atoms with van der Waals surface area (Å²) in [6.45, 7) is 1.56. The monoisotopic (exact) mass is 254 g/mol. The predicted octanol–water partition coefficient (Wildman–Crippen LogP) is 0.840. The lowest BCUT2D eigenvalue weighted by atomic mass is 10.2. The average molecular weight is 255 g/mol. The standard InChI is InChI=1S/C11H15ClN4O/c1-13-11(17)9-3-2-4-16(9)7-8-5-15-10(12)6-14-8/h5-6,9H,2-4,7H2,1H3,(H,13,17). The van der Waals surface area contributed by atoms with Crippen LogP contribution in [0.5, 0.6) is 0 Å². The zero-order valence-electron chi connectivity index (χ0n) is 9.69. The van der Waals surface area contributed by atoms with Gasteiger partial charge in [-0.3, -0.25) is 14.7 Å². The van der Waals surface area contributed by atoms with Crippen LogP contribution in [0, 0.1) is 0 Å². The number of hydrogen-bond acceptors (Lipinski definition) is 4. The van der Waals surface area contributed by atoms with Crippen LogP contribution < -0.4 is 5.32 Å². The molecule has 0 spiro atoms. The van der Waals surface area contributed by atoms with Crippen molar-refractivity contribution in [2.45, 2.75) is 25.4 Å². The number of halogens is 1. The van der Waals surface area contributed by atoms with E-state index in [9.17, 15) is 4.79 Å². The average Bonchev–Trinajstić information content (AvgIpc) is 2.79. The normalized spacial score (nSPS) is 20.5. The second-order valence-corrected chi connectivity index (χ2v) is 4.46. The molecular weight excluding hydrogens is 240 g/mol. The Balaban J connectivity index is 2.02. The molecule has 2 rings (SSSR count). The molecule has 1 aliphatic rings. The predicted molar refractivity (Wildman–Crippen MR) is 64.5 cm³/mol. The molecule has 1 N–H and O–H groups in total. The summed E-state index contributed by atoms with van der Waals surface area (Å²) in [5.74, 6) is 0.0735. The minimum absolute atomic E-state index is 0.0440. The van der Waals surface area contributed by atoms with E-state index in [2.05, 4.69) is 20.2 Å². The van der Waals surface area contributed by atoms with E-state index in [0.717, 1.165) is 25.1 Å². The minimum Gasteiger partial charge on any atom is -0.358 e. The molecule has 1 fully saturated rings. The SMILES string of the molecule is CNC(=O)C1CCCN1Cc1cnc(Cl)cn1. The first-order valence-corrected chi connectivity index (χ1v) is 6.00. The first kappa shape index (κ1) is 12.3. The first-order chi connectivity index (χ1) is 8.20.